The maximum atomic E-state index is 10.9. The lowest BCUT2D eigenvalue weighted by Crippen LogP contribution is -1.97. The minimum atomic E-state index is -0.892. The fourth-order valence-electron chi connectivity index (χ4n) is 2.08. The quantitative estimate of drug-likeness (QED) is 0.778. The molecular formula is C14H10BrNO2S. The van der Waals surface area contributed by atoms with E-state index in [1.807, 2.05) is 18.3 Å². The smallest absolute Gasteiger partial charge is 0.335 e. The fraction of sp³-hybridized carbons (Fsp3) is 0.0714. The van der Waals surface area contributed by atoms with Crippen LogP contribution in [0.2, 0.25) is 0 Å². The van der Waals surface area contributed by atoms with Crippen LogP contribution in [0.25, 0.3) is 10.9 Å². The molecule has 19 heavy (non-hydrogen) atoms. The first kappa shape index (κ1) is 12.4. The van der Waals surface area contributed by atoms with Crippen LogP contribution < -0.4 is 0 Å². The van der Waals surface area contributed by atoms with E-state index >= 15 is 0 Å². The zero-order chi connectivity index (χ0) is 13.4. The Hall–Kier alpha value is -1.59. The van der Waals surface area contributed by atoms with Crippen LogP contribution in [0.4, 0.5) is 0 Å². The second kappa shape index (κ2) is 4.83. The highest BCUT2D eigenvalue weighted by Gasteiger charge is 2.07. The Balaban J connectivity index is 1.99. The number of carbonyl (C=O) groups is 1. The van der Waals surface area contributed by atoms with Crippen LogP contribution in [0.3, 0.4) is 0 Å². The number of carboxylic acid groups (broad SMARTS) is 1. The Kier molecular flexibility index (Phi) is 3.16. The van der Waals surface area contributed by atoms with Gasteiger partial charge in [0.25, 0.3) is 0 Å². The van der Waals surface area contributed by atoms with Crippen LogP contribution in [-0.2, 0) is 6.54 Å². The van der Waals surface area contributed by atoms with Gasteiger partial charge in [-0.1, -0.05) is 0 Å². The van der Waals surface area contributed by atoms with Crippen molar-refractivity contribution in [2.24, 2.45) is 0 Å². The summed E-state index contributed by atoms with van der Waals surface area (Å²) in [5.74, 6) is -0.892. The second-order valence-electron chi connectivity index (χ2n) is 4.25. The van der Waals surface area contributed by atoms with Crippen molar-refractivity contribution in [1.82, 2.24) is 4.57 Å². The van der Waals surface area contributed by atoms with Gasteiger partial charge in [0.1, 0.15) is 0 Å². The number of halogens is 1. The average Bonchev–Trinajstić information content (AvgIpc) is 2.96. The number of benzene rings is 1. The van der Waals surface area contributed by atoms with E-state index in [9.17, 15) is 4.79 Å². The lowest BCUT2D eigenvalue weighted by molar-refractivity contribution is 0.0697. The molecule has 3 rings (SSSR count). The molecule has 0 bridgehead atoms. The predicted octanol–water partition coefficient (Wildman–Crippen LogP) is 4.21. The summed E-state index contributed by atoms with van der Waals surface area (Å²) in [4.78, 5) is 12.2. The molecule has 0 aliphatic heterocycles. The number of hydrogen-bond donors (Lipinski definition) is 1. The largest absolute Gasteiger partial charge is 0.478 e. The summed E-state index contributed by atoms with van der Waals surface area (Å²) in [6.45, 7) is 0.798. The zero-order valence-corrected chi connectivity index (χ0v) is 12.2. The highest BCUT2D eigenvalue weighted by atomic mass is 79.9. The molecule has 1 aromatic carbocycles. The van der Waals surface area contributed by atoms with Gasteiger partial charge in [0, 0.05) is 31.8 Å². The molecule has 0 saturated carbocycles. The summed E-state index contributed by atoms with van der Waals surface area (Å²) >= 11 is 5.15. The Morgan fingerprint density at radius 3 is 2.84 bits per heavy atom. The summed E-state index contributed by atoms with van der Waals surface area (Å²) < 4.78 is 3.22. The number of carboxylic acids is 1. The summed E-state index contributed by atoms with van der Waals surface area (Å²) in [5, 5.41) is 12.0. The molecule has 0 unspecified atom stereocenters. The SMILES string of the molecule is O=C(O)c1ccc2c(ccn2Cc2cc(Br)cs2)c1. The van der Waals surface area contributed by atoms with Crippen molar-refractivity contribution >= 4 is 44.1 Å². The van der Waals surface area contributed by atoms with E-state index in [0.717, 1.165) is 21.9 Å². The molecule has 0 saturated heterocycles. The van der Waals surface area contributed by atoms with Crippen LogP contribution in [0, 0.1) is 0 Å². The molecule has 0 aliphatic carbocycles. The standard InChI is InChI=1S/C14H10BrNO2S/c15-11-6-12(19-8-11)7-16-4-3-9-5-10(14(17)18)1-2-13(9)16/h1-6,8H,7H2,(H,17,18). The van der Waals surface area contributed by atoms with Gasteiger partial charge in [0.15, 0.2) is 0 Å². The highest BCUT2D eigenvalue weighted by Crippen LogP contribution is 2.23. The van der Waals surface area contributed by atoms with Crippen molar-refractivity contribution in [3.63, 3.8) is 0 Å². The monoisotopic (exact) mass is 335 g/mol. The predicted molar refractivity (Wildman–Crippen MR) is 80.0 cm³/mol. The van der Waals surface area contributed by atoms with Crippen molar-refractivity contribution < 1.29 is 9.90 Å². The Labute approximate surface area is 122 Å². The third kappa shape index (κ3) is 2.43. The van der Waals surface area contributed by atoms with Crippen LogP contribution in [-0.4, -0.2) is 15.6 Å². The van der Waals surface area contributed by atoms with Crippen LogP contribution in [0.1, 0.15) is 15.2 Å². The fourth-order valence-corrected chi connectivity index (χ4v) is 3.52. The minimum Gasteiger partial charge on any atom is -0.478 e. The van der Waals surface area contributed by atoms with Crippen molar-refractivity contribution in [3.8, 4) is 0 Å². The van der Waals surface area contributed by atoms with E-state index in [0.29, 0.717) is 5.56 Å². The number of rotatable bonds is 3. The third-order valence-electron chi connectivity index (χ3n) is 2.97. The Morgan fingerprint density at radius 2 is 2.16 bits per heavy atom. The van der Waals surface area contributed by atoms with E-state index in [2.05, 4.69) is 31.9 Å². The summed E-state index contributed by atoms with van der Waals surface area (Å²) in [7, 11) is 0. The molecule has 0 atom stereocenters. The lowest BCUT2D eigenvalue weighted by atomic mass is 10.1. The molecule has 96 valence electrons. The molecule has 0 spiro atoms. The molecule has 0 aliphatic rings. The van der Waals surface area contributed by atoms with Gasteiger partial charge in [-0.15, -0.1) is 11.3 Å². The van der Waals surface area contributed by atoms with E-state index in [1.165, 1.54) is 4.88 Å². The third-order valence-corrected chi connectivity index (χ3v) is 4.65. The Bertz CT molecular complexity index is 760. The van der Waals surface area contributed by atoms with Gasteiger partial charge >= 0.3 is 5.97 Å². The summed E-state index contributed by atoms with van der Waals surface area (Å²) in [6.07, 6.45) is 1.99. The maximum absolute atomic E-state index is 10.9. The zero-order valence-electron chi connectivity index (χ0n) is 9.84. The van der Waals surface area contributed by atoms with Gasteiger partial charge in [0.05, 0.1) is 12.1 Å². The van der Waals surface area contributed by atoms with Crippen molar-refractivity contribution in [2.75, 3.05) is 0 Å². The van der Waals surface area contributed by atoms with Gasteiger partial charge in [0.2, 0.25) is 0 Å². The topological polar surface area (TPSA) is 42.2 Å². The second-order valence-corrected chi connectivity index (χ2v) is 6.17. The first-order chi connectivity index (χ1) is 9.13. The number of thiophene rings is 1. The molecular weight excluding hydrogens is 326 g/mol. The van der Waals surface area contributed by atoms with Gasteiger partial charge in [-0.05, 0) is 46.3 Å². The van der Waals surface area contributed by atoms with Crippen LogP contribution in [0.5, 0.6) is 0 Å². The number of hydrogen-bond acceptors (Lipinski definition) is 2. The minimum absolute atomic E-state index is 0.323. The van der Waals surface area contributed by atoms with Gasteiger partial charge < -0.3 is 9.67 Å². The number of nitrogens with zero attached hydrogens (tertiary/aromatic N) is 1. The van der Waals surface area contributed by atoms with E-state index in [-0.39, 0.29) is 0 Å². The number of fused-ring (bicyclic) bond motifs is 1. The molecule has 0 radical (unpaired) electrons. The average molecular weight is 336 g/mol. The highest BCUT2D eigenvalue weighted by molar-refractivity contribution is 9.10. The maximum Gasteiger partial charge on any atom is 0.335 e. The molecule has 0 fully saturated rings. The van der Waals surface area contributed by atoms with Crippen LogP contribution in [0.15, 0.2) is 46.4 Å². The first-order valence-corrected chi connectivity index (χ1v) is 7.36. The molecule has 5 heteroatoms. The number of aromatic nitrogens is 1. The van der Waals surface area contributed by atoms with E-state index in [1.54, 1.807) is 23.5 Å². The molecule has 3 aromatic rings. The van der Waals surface area contributed by atoms with E-state index < -0.39 is 5.97 Å². The number of aromatic carboxylic acids is 1. The first-order valence-electron chi connectivity index (χ1n) is 5.68. The van der Waals surface area contributed by atoms with Gasteiger partial charge in [-0.3, -0.25) is 0 Å². The molecule has 2 aromatic heterocycles. The van der Waals surface area contributed by atoms with E-state index in [4.69, 9.17) is 5.11 Å². The summed E-state index contributed by atoms with van der Waals surface area (Å²) in [6, 6.07) is 9.26. The molecule has 0 amide bonds. The van der Waals surface area contributed by atoms with Gasteiger partial charge in [-0.2, -0.15) is 0 Å². The lowest BCUT2D eigenvalue weighted by Gasteiger charge is -2.03. The van der Waals surface area contributed by atoms with Crippen LogP contribution >= 0.6 is 27.3 Å². The molecule has 3 nitrogen and oxygen atoms in total. The van der Waals surface area contributed by atoms with Crippen molar-refractivity contribution in [2.45, 2.75) is 6.54 Å². The van der Waals surface area contributed by atoms with Gasteiger partial charge in [-0.25, -0.2) is 4.79 Å². The van der Waals surface area contributed by atoms with Crippen molar-refractivity contribution in [3.05, 3.63) is 56.8 Å². The molecule has 2 heterocycles. The van der Waals surface area contributed by atoms with Crippen molar-refractivity contribution in [1.29, 1.82) is 0 Å². The molecule has 1 N–H and O–H groups in total. The normalized spacial score (nSPS) is 11.0. The Morgan fingerprint density at radius 1 is 1.32 bits per heavy atom. The summed E-state index contributed by atoms with van der Waals surface area (Å²) in [5.41, 5.74) is 1.37.